The van der Waals surface area contributed by atoms with Crippen molar-refractivity contribution in [2.75, 3.05) is 0 Å². The molecule has 0 saturated heterocycles. The summed E-state index contributed by atoms with van der Waals surface area (Å²) >= 11 is 6.08. The molecule has 1 N–H and O–H groups in total. The topological polar surface area (TPSA) is 81.1 Å². The third kappa shape index (κ3) is 2.21. The molecule has 8 heteroatoms. The monoisotopic (exact) mass is 362 g/mol. The van der Waals surface area contributed by atoms with Crippen LogP contribution in [0.2, 0.25) is 5.02 Å². The molecule has 0 aliphatic carbocycles. The van der Waals surface area contributed by atoms with Gasteiger partial charge in [-0.2, -0.15) is 5.10 Å². The highest BCUT2D eigenvalue weighted by atomic mass is 35.5. The first kappa shape index (κ1) is 14.9. The molecule has 0 fully saturated rings. The summed E-state index contributed by atoms with van der Waals surface area (Å²) in [7, 11) is 0. The van der Waals surface area contributed by atoms with Gasteiger partial charge in [0.2, 0.25) is 0 Å². The molecule has 7 nitrogen and oxygen atoms in total. The van der Waals surface area contributed by atoms with Crippen LogP contribution in [0.5, 0.6) is 5.75 Å². The highest BCUT2D eigenvalue weighted by Crippen LogP contribution is 2.25. The summed E-state index contributed by atoms with van der Waals surface area (Å²) in [5.74, 6) is 0.843. The van der Waals surface area contributed by atoms with Crippen LogP contribution in [0.15, 0.2) is 61.1 Å². The zero-order valence-corrected chi connectivity index (χ0v) is 14.0. The molecule has 0 aliphatic rings. The fourth-order valence-corrected chi connectivity index (χ4v) is 3.11. The highest BCUT2D eigenvalue weighted by molar-refractivity contribution is 6.30. The molecule has 0 saturated carbocycles. The second kappa shape index (κ2) is 5.53. The van der Waals surface area contributed by atoms with Crippen LogP contribution in [0.25, 0.3) is 33.8 Å². The Morgan fingerprint density at radius 2 is 1.81 bits per heavy atom. The number of hydrogen-bond donors (Lipinski definition) is 1. The minimum atomic E-state index is 0.200. The van der Waals surface area contributed by atoms with Crippen molar-refractivity contribution in [1.29, 1.82) is 0 Å². The molecule has 2 aromatic carbocycles. The van der Waals surface area contributed by atoms with Crippen molar-refractivity contribution in [1.82, 2.24) is 29.4 Å². The van der Waals surface area contributed by atoms with E-state index in [1.807, 2.05) is 24.3 Å². The minimum absolute atomic E-state index is 0.200. The molecule has 5 rings (SSSR count). The molecule has 0 unspecified atom stereocenters. The fraction of sp³-hybridized carbons (Fsp3) is 0. The largest absolute Gasteiger partial charge is 0.508 e. The molecule has 0 spiro atoms. The summed E-state index contributed by atoms with van der Waals surface area (Å²) in [6.45, 7) is 0. The standard InChI is InChI=1S/C18H11ClN6O/c19-12-2-1-3-13(8-12)25-17-15(9-21-25)18-23-22-16(24(18)10-20-17)11-4-6-14(26)7-5-11/h1-10,26H. The zero-order valence-electron chi connectivity index (χ0n) is 13.3. The van der Waals surface area contributed by atoms with E-state index < -0.39 is 0 Å². The number of hydrogen-bond acceptors (Lipinski definition) is 5. The number of phenolic OH excluding ortho intramolecular Hbond substituents is 1. The summed E-state index contributed by atoms with van der Waals surface area (Å²) < 4.78 is 3.52. The van der Waals surface area contributed by atoms with Crippen molar-refractivity contribution in [3.05, 3.63) is 66.1 Å². The quantitative estimate of drug-likeness (QED) is 0.520. The van der Waals surface area contributed by atoms with Gasteiger partial charge in [0.25, 0.3) is 0 Å². The van der Waals surface area contributed by atoms with Gasteiger partial charge in [-0.3, -0.25) is 4.40 Å². The summed E-state index contributed by atoms with van der Waals surface area (Å²) in [6.07, 6.45) is 3.39. The molecule has 0 aliphatic heterocycles. The van der Waals surface area contributed by atoms with Gasteiger partial charge in [-0.05, 0) is 42.5 Å². The number of phenols is 1. The van der Waals surface area contributed by atoms with Crippen LogP contribution < -0.4 is 0 Å². The van der Waals surface area contributed by atoms with Crippen LogP contribution in [-0.4, -0.2) is 34.5 Å². The molecule has 0 radical (unpaired) electrons. The van der Waals surface area contributed by atoms with Gasteiger partial charge in [-0.25, -0.2) is 9.67 Å². The Kier molecular flexibility index (Phi) is 3.16. The van der Waals surface area contributed by atoms with E-state index in [2.05, 4.69) is 20.3 Å². The van der Waals surface area contributed by atoms with Gasteiger partial charge in [0.05, 0.1) is 17.3 Å². The highest BCUT2D eigenvalue weighted by Gasteiger charge is 2.15. The SMILES string of the molecule is Oc1ccc(-c2nnc3c4cnn(-c5cccc(Cl)c5)c4ncn23)cc1. The van der Waals surface area contributed by atoms with Crippen LogP contribution >= 0.6 is 11.6 Å². The Morgan fingerprint density at radius 1 is 0.962 bits per heavy atom. The molecule has 26 heavy (non-hydrogen) atoms. The van der Waals surface area contributed by atoms with Crippen molar-refractivity contribution >= 4 is 28.3 Å². The van der Waals surface area contributed by atoms with Crippen molar-refractivity contribution in [3.8, 4) is 22.8 Å². The number of aromatic nitrogens is 6. The Bertz CT molecular complexity index is 1260. The minimum Gasteiger partial charge on any atom is -0.508 e. The number of nitrogens with zero attached hydrogens (tertiary/aromatic N) is 6. The molecule has 126 valence electrons. The van der Waals surface area contributed by atoms with Crippen molar-refractivity contribution in [2.45, 2.75) is 0 Å². The van der Waals surface area contributed by atoms with Gasteiger partial charge >= 0.3 is 0 Å². The number of benzene rings is 2. The normalized spacial score (nSPS) is 11.4. The summed E-state index contributed by atoms with van der Waals surface area (Å²) in [5.41, 5.74) is 2.98. The number of fused-ring (bicyclic) bond motifs is 3. The number of rotatable bonds is 2. The molecule has 5 aromatic rings. The third-order valence-electron chi connectivity index (χ3n) is 4.15. The van der Waals surface area contributed by atoms with Crippen LogP contribution in [0.4, 0.5) is 0 Å². The molecular weight excluding hydrogens is 352 g/mol. The lowest BCUT2D eigenvalue weighted by Gasteiger charge is -2.04. The van der Waals surface area contributed by atoms with Gasteiger partial charge in [0, 0.05) is 10.6 Å². The Balaban J connectivity index is 1.71. The average molecular weight is 363 g/mol. The lowest BCUT2D eigenvalue weighted by molar-refractivity contribution is 0.475. The van der Waals surface area contributed by atoms with E-state index in [0.717, 1.165) is 16.6 Å². The van der Waals surface area contributed by atoms with Gasteiger partial charge in [0.15, 0.2) is 17.1 Å². The fourth-order valence-electron chi connectivity index (χ4n) is 2.92. The predicted octanol–water partition coefficient (Wildman–Crippen LogP) is 3.49. The van der Waals surface area contributed by atoms with Crippen molar-refractivity contribution < 1.29 is 5.11 Å². The predicted molar refractivity (Wildman–Crippen MR) is 97.5 cm³/mol. The molecule has 0 amide bonds. The van der Waals surface area contributed by atoms with Crippen LogP contribution in [-0.2, 0) is 0 Å². The van der Waals surface area contributed by atoms with Gasteiger partial charge < -0.3 is 5.11 Å². The molecular formula is C18H11ClN6O. The third-order valence-corrected chi connectivity index (χ3v) is 4.39. The molecule has 0 atom stereocenters. The van der Waals surface area contributed by atoms with Crippen LogP contribution in [0.1, 0.15) is 0 Å². The van der Waals surface area contributed by atoms with Gasteiger partial charge in [-0.15, -0.1) is 10.2 Å². The van der Waals surface area contributed by atoms with Crippen LogP contribution in [0.3, 0.4) is 0 Å². The Morgan fingerprint density at radius 3 is 2.62 bits per heavy atom. The van der Waals surface area contributed by atoms with E-state index in [1.165, 1.54) is 0 Å². The lowest BCUT2D eigenvalue weighted by atomic mass is 10.2. The van der Waals surface area contributed by atoms with E-state index >= 15 is 0 Å². The maximum Gasteiger partial charge on any atom is 0.175 e. The van der Waals surface area contributed by atoms with E-state index in [0.29, 0.717) is 22.1 Å². The first-order valence-corrected chi connectivity index (χ1v) is 8.21. The first-order valence-electron chi connectivity index (χ1n) is 7.83. The smallest absolute Gasteiger partial charge is 0.175 e. The first-order chi connectivity index (χ1) is 12.7. The Hall–Kier alpha value is -3.45. The molecule has 0 bridgehead atoms. The van der Waals surface area contributed by atoms with E-state index in [4.69, 9.17) is 11.6 Å². The van der Waals surface area contributed by atoms with Crippen molar-refractivity contribution in [3.63, 3.8) is 0 Å². The van der Waals surface area contributed by atoms with E-state index in [9.17, 15) is 5.11 Å². The van der Waals surface area contributed by atoms with Gasteiger partial charge in [0.1, 0.15) is 12.1 Å². The summed E-state index contributed by atoms with van der Waals surface area (Å²) in [4.78, 5) is 4.54. The molecule has 3 aromatic heterocycles. The zero-order chi connectivity index (χ0) is 17.7. The maximum atomic E-state index is 9.46. The number of halogens is 1. The Labute approximate surface area is 152 Å². The lowest BCUT2D eigenvalue weighted by Crippen LogP contribution is -1.99. The summed E-state index contributed by atoms with van der Waals surface area (Å²) in [6, 6.07) is 14.2. The van der Waals surface area contributed by atoms with E-state index in [1.54, 1.807) is 45.9 Å². The van der Waals surface area contributed by atoms with Crippen molar-refractivity contribution in [2.24, 2.45) is 0 Å². The number of aromatic hydroxyl groups is 1. The average Bonchev–Trinajstić information content (AvgIpc) is 3.26. The summed E-state index contributed by atoms with van der Waals surface area (Å²) in [5, 5.41) is 23.9. The maximum absolute atomic E-state index is 9.46. The molecule has 3 heterocycles. The van der Waals surface area contributed by atoms with Crippen LogP contribution in [0, 0.1) is 0 Å². The van der Waals surface area contributed by atoms with E-state index in [-0.39, 0.29) is 5.75 Å². The second-order valence-corrected chi connectivity index (χ2v) is 6.22. The second-order valence-electron chi connectivity index (χ2n) is 5.78. The van der Waals surface area contributed by atoms with Gasteiger partial charge in [-0.1, -0.05) is 17.7 Å².